The number of benzene rings is 1. The first-order valence-electron chi connectivity index (χ1n) is 7.59. The highest BCUT2D eigenvalue weighted by atomic mass is 32.1. The molecular weight excluding hydrogens is 294 g/mol. The Balaban J connectivity index is 1.56. The van der Waals surface area contributed by atoms with E-state index in [4.69, 9.17) is 0 Å². The number of nitrogens with one attached hydrogen (secondary N) is 1. The maximum atomic E-state index is 12.4. The molecule has 3 rings (SSSR count). The number of aryl methyl sites for hydroxylation is 1. The second-order valence-corrected chi connectivity index (χ2v) is 6.78. The third kappa shape index (κ3) is 3.30. The molecular formula is C17H21N3OS. The number of hydrogen-bond acceptors (Lipinski definition) is 4. The minimum absolute atomic E-state index is 0.0851. The van der Waals surface area contributed by atoms with E-state index >= 15 is 0 Å². The molecule has 1 heterocycles. The SMILES string of the molecule is CN(C)c1nc(CNC(=O)C2CCc3ccccc3C2)cs1. The first-order valence-corrected chi connectivity index (χ1v) is 8.47. The summed E-state index contributed by atoms with van der Waals surface area (Å²) < 4.78 is 0. The van der Waals surface area contributed by atoms with Crippen molar-refractivity contribution in [1.82, 2.24) is 10.3 Å². The molecule has 1 aliphatic carbocycles. The van der Waals surface area contributed by atoms with Gasteiger partial charge in [0.05, 0.1) is 12.2 Å². The Morgan fingerprint density at radius 1 is 1.36 bits per heavy atom. The van der Waals surface area contributed by atoms with Crippen LogP contribution in [0.15, 0.2) is 29.6 Å². The maximum Gasteiger partial charge on any atom is 0.223 e. The minimum Gasteiger partial charge on any atom is -0.354 e. The van der Waals surface area contributed by atoms with Gasteiger partial charge in [0.15, 0.2) is 5.13 Å². The molecule has 1 atom stereocenters. The van der Waals surface area contributed by atoms with Gasteiger partial charge in [0, 0.05) is 25.4 Å². The predicted molar refractivity (Wildman–Crippen MR) is 90.2 cm³/mol. The number of aromatic nitrogens is 1. The van der Waals surface area contributed by atoms with Crippen LogP contribution < -0.4 is 10.2 Å². The van der Waals surface area contributed by atoms with Crippen molar-refractivity contribution in [1.29, 1.82) is 0 Å². The van der Waals surface area contributed by atoms with Gasteiger partial charge < -0.3 is 10.2 Å². The first kappa shape index (κ1) is 15.0. The average Bonchev–Trinajstić information content (AvgIpc) is 3.01. The van der Waals surface area contributed by atoms with Gasteiger partial charge in [0.2, 0.25) is 5.91 Å². The fourth-order valence-electron chi connectivity index (χ4n) is 2.83. The van der Waals surface area contributed by atoms with Crippen LogP contribution >= 0.6 is 11.3 Å². The number of carbonyl (C=O) groups excluding carboxylic acids is 1. The zero-order chi connectivity index (χ0) is 15.5. The van der Waals surface area contributed by atoms with Crippen molar-refractivity contribution in [2.24, 2.45) is 5.92 Å². The second-order valence-electron chi connectivity index (χ2n) is 5.94. The summed E-state index contributed by atoms with van der Waals surface area (Å²) in [7, 11) is 3.95. The monoisotopic (exact) mass is 315 g/mol. The van der Waals surface area contributed by atoms with E-state index < -0.39 is 0 Å². The number of thiazole rings is 1. The molecule has 0 fully saturated rings. The maximum absolute atomic E-state index is 12.4. The molecule has 22 heavy (non-hydrogen) atoms. The molecule has 1 aliphatic rings. The molecule has 0 saturated heterocycles. The Kier molecular flexibility index (Phi) is 4.43. The van der Waals surface area contributed by atoms with Crippen molar-refractivity contribution >= 4 is 22.4 Å². The van der Waals surface area contributed by atoms with E-state index in [1.165, 1.54) is 11.1 Å². The molecule has 5 heteroatoms. The number of hydrogen-bond donors (Lipinski definition) is 1. The third-order valence-corrected chi connectivity index (χ3v) is 5.14. The van der Waals surface area contributed by atoms with Gasteiger partial charge in [-0.1, -0.05) is 24.3 Å². The lowest BCUT2D eigenvalue weighted by Gasteiger charge is -2.23. The van der Waals surface area contributed by atoms with E-state index in [-0.39, 0.29) is 11.8 Å². The lowest BCUT2D eigenvalue weighted by molar-refractivity contribution is -0.125. The van der Waals surface area contributed by atoms with Crippen molar-refractivity contribution in [3.05, 3.63) is 46.5 Å². The summed E-state index contributed by atoms with van der Waals surface area (Å²) in [6, 6.07) is 8.43. The Bertz CT molecular complexity index is 665. The molecule has 1 unspecified atom stereocenters. The lowest BCUT2D eigenvalue weighted by Crippen LogP contribution is -2.33. The number of fused-ring (bicyclic) bond motifs is 1. The first-order chi connectivity index (χ1) is 10.6. The van der Waals surface area contributed by atoms with Gasteiger partial charge in [-0.15, -0.1) is 11.3 Å². The molecule has 0 aliphatic heterocycles. The molecule has 116 valence electrons. The van der Waals surface area contributed by atoms with Crippen molar-refractivity contribution in [3.63, 3.8) is 0 Å². The predicted octanol–water partition coefficient (Wildman–Crippen LogP) is 2.63. The lowest BCUT2D eigenvalue weighted by atomic mass is 9.83. The van der Waals surface area contributed by atoms with E-state index in [0.29, 0.717) is 6.54 Å². The van der Waals surface area contributed by atoms with Crippen LogP contribution in [0.5, 0.6) is 0 Å². The van der Waals surface area contributed by atoms with E-state index in [1.54, 1.807) is 11.3 Å². The van der Waals surface area contributed by atoms with Crippen LogP contribution in [0.25, 0.3) is 0 Å². The highest BCUT2D eigenvalue weighted by molar-refractivity contribution is 7.13. The topological polar surface area (TPSA) is 45.2 Å². The quantitative estimate of drug-likeness (QED) is 0.943. The molecule has 0 radical (unpaired) electrons. The molecule has 2 aromatic rings. The van der Waals surface area contributed by atoms with Crippen molar-refractivity contribution < 1.29 is 4.79 Å². The van der Waals surface area contributed by atoms with Crippen LogP contribution in [-0.2, 0) is 24.2 Å². The molecule has 0 spiro atoms. The number of amides is 1. The Morgan fingerprint density at radius 2 is 2.14 bits per heavy atom. The van der Waals surface area contributed by atoms with Crippen LogP contribution in [0, 0.1) is 5.92 Å². The highest BCUT2D eigenvalue weighted by Gasteiger charge is 2.24. The zero-order valence-corrected chi connectivity index (χ0v) is 13.8. The molecule has 1 aromatic carbocycles. The Morgan fingerprint density at radius 3 is 2.86 bits per heavy atom. The second kappa shape index (κ2) is 6.48. The molecule has 0 saturated carbocycles. The largest absolute Gasteiger partial charge is 0.354 e. The summed E-state index contributed by atoms with van der Waals surface area (Å²) >= 11 is 1.60. The normalized spacial score (nSPS) is 16.9. The summed E-state index contributed by atoms with van der Waals surface area (Å²) in [5.74, 6) is 0.232. The molecule has 0 bridgehead atoms. The molecule has 4 nitrogen and oxygen atoms in total. The number of carbonyl (C=O) groups is 1. The van der Waals surface area contributed by atoms with E-state index in [9.17, 15) is 4.79 Å². The van der Waals surface area contributed by atoms with E-state index in [2.05, 4.69) is 34.6 Å². The van der Waals surface area contributed by atoms with Gasteiger partial charge in [0.25, 0.3) is 0 Å². The van der Waals surface area contributed by atoms with Gasteiger partial charge >= 0.3 is 0 Å². The third-order valence-electron chi connectivity index (χ3n) is 4.08. The van der Waals surface area contributed by atoms with Crippen molar-refractivity contribution in [3.8, 4) is 0 Å². The number of rotatable bonds is 4. The highest BCUT2D eigenvalue weighted by Crippen LogP contribution is 2.25. The standard InChI is InChI=1S/C17H21N3OS/c1-20(2)17-19-15(11-22-17)10-18-16(21)14-8-7-12-5-3-4-6-13(12)9-14/h3-6,11,14H,7-10H2,1-2H3,(H,18,21). The average molecular weight is 315 g/mol. The van der Waals surface area contributed by atoms with Crippen molar-refractivity contribution in [2.45, 2.75) is 25.8 Å². The van der Waals surface area contributed by atoms with Crippen LogP contribution in [-0.4, -0.2) is 25.0 Å². The summed E-state index contributed by atoms with van der Waals surface area (Å²) in [4.78, 5) is 18.8. The molecule has 1 aromatic heterocycles. The van der Waals surface area contributed by atoms with Crippen LogP contribution in [0.1, 0.15) is 23.2 Å². The summed E-state index contributed by atoms with van der Waals surface area (Å²) in [6.45, 7) is 0.515. The van der Waals surface area contributed by atoms with Gasteiger partial charge in [-0.3, -0.25) is 4.79 Å². The zero-order valence-electron chi connectivity index (χ0n) is 13.0. The van der Waals surface area contributed by atoms with Crippen molar-refractivity contribution in [2.75, 3.05) is 19.0 Å². The fourth-order valence-corrected chi connectivity index (χ4v) is 3.58. The van der Waals surface area contributed by atoms with Gasteiger partial charge in [0.1, 0.15) is 0 Å². The van der Waals surface area contributed by atoms with Gasteiger partial charge in [-0.2, -0.15) is 0 Å². The molecule has 1 amide bonds. The summed E-state index contributed by atoms with van der Waals surface area (Å²) in [6.07, 6.45) is 2.78. The smallest absolute Gasteiger partial charge is 0.223 e. The molecule has 1 N–H and O–H groups in total. The minimum atomic E-state index is 0.0851. The van der Waals surface area contributed by atoms with Gasteiger partial charge in [-0.05, 0) is 30.4 Å². The van der Waals surface area contributed by atoms with Crippen LogP contribution in [0.4, 0.5) is 5.13 Å². The van der Waals surface area contributed by atoms with Gasteiger partial charge in [-0.25, -0.2) is 4.98 Å². The number of anilines is 1. The van der Waals surface area contributed by atoms with Crippen LogP contribution in [0.2, 0.25) is 0 Å². The Hall–Kier alpha value is -1.88. The summed E-state index contributed by atoms with van der Waals surface area (Å²) in [5.41, 5.74) is 3.64. The Labute approximate surface area is 135 Å². The van der Waals surface area contributed by atoms with Crippen LogP contribution in [0.3, 0.4) is 0 Å². The summed E-state index contributed by atoms with van der Waals surface area (Å²) in [5, 5.41) is 6.01. The number of nitrogens with zero attached hydrogens (tertiary/aromatic N) is 2. The fraction of sp³-hybridized carbons (Fsp3) is 0.412. The van der Waals surface area contributed by atoms with E-state index in [1.807, 2.05) is 24.4 Å². The van der Waals surface area contributed by atoms with E-state index in [0.717, 1.165) is 30.1 Å².